The average molecular weight is 381 g/mol. The molecule has 0 aliphatic heterocycles. The van der Waals surface area contributed by atoms with E-state index in [1.165, 1.54) is 0 Å². The number of carbonyl (C=O) groups excluding carboxylic acids is 3. The Hall–Kier alpha value is -3.46. The lowest BCUT2D eigenvalue weighted by Gasteiger charge is -2.16. The predicted octanol–water partition coefficient (Wildman–Crippen LogP) is 0.996. The molecule has 0 aliphatic rings. The summed E-state index contributed by atoms with van der Waals surface area (Å²) in [5.41, 5.74) is 7.04. The number of pyridine rings is 1. The van der Waals surface area contributed by atoms with Gasteiger partial charge in [-0.25, -0.2) is 0 Å². The van der Waals surface area contributed by atoms with E-state index in [0.717, 1.165) is 17.3 Å². The number of nitrogens with zero attached hydrogens (tertiary/aromatic N) is 3. The molecule has 1 unspecified atom stereocenters. The van der Waals surface area contributed by atoms with Crippen LogP contribution >= 0.6 is 11.7 Å². The monoisotopic (exact) mass is 381 g/mol. The van der Waals surface area contributed by atoms with Crippen molar-refractivity contribution in [2.24, 2.45) is 5.73 Å². The van der Waals surface area contributed by atoms with E-state index in [-0.39, 0.29) is 12.1 Å². The molecule has 1 aromatic carbocycles. The summed E-state index contributed by atoms with van der Waals surface area (Å²) in [5, 5.41) is 2.56. The summed E-state index contributed by atoms with van der Waals surface area (Å²) in [4.78, 5) is 40.2. The molecule has 9 heteroatoms. The molecule has 3 N–H and O–H groups in total. The van der Waals surface area contributed by atoms with Crippen molar-refractivity contribution in [2.75, 3.05) is 0 Å². The number of ketones is 1. The van der Waals surface area contributed by atoms with Crippen molar-refractivity contribution in [1.82, 2.24) is 19.0 Å². The van der Waals surface area contributed by atoms with E-state index in [4.69, 9.17) is 5.73 Å². The molecule has 136 valence electrons. The quantitative estimate of drug-likeness (QED) is 0.588. The molecule has 0 aliphatic carbocycles. The van der Waals surface area contributed by atoms with Crippen LogP contribution in [0.2, 0.25) is 0 Å². The van der Waals surface area contributed by atoms with Gasteiger partial charge >= 0.3 is 0 Å². The number of nitrogens with two attached hydrogens (primary N) is 1. The zero-order valence-corrected chi connectivity index (χ0v) is 14.8. The molecule has 0 saturated heterocycles. The van der Waals surface area contributed by atoms with Crippen molar-refractivity contribution in [3.05, 3.63) is 66.1 Å². The van der Waals surface area contributed by atoms with Crippen LogP contribution in [-0.4, -0.2) is 37.4 Å². The lowest BCUT2D eigenvalue weighted by Crippen LogP contribution is -2.47. The molecule has 1 atom stereocenters. The minimum atomic E-state index is -1.11. The van der Waals surface area contributed by atoms with Gasteiger partial charge in [0.15, 0.2) is 5.69 Å². The number of Topliss-reactive ketones (excluding diaryl/α,β-unsaturated/α-hetero) is 1. The molecule has 0 radical (unpaired) electrons. The van der Waals surface area contributed by atoms with Crippen molar-refractivity contribution in [3.63, 3.8) is 0 Å². The third kappa shape index (κ3) is 4.39. The average Bonchev–Trinajstić information content (AvgIpc) is 3.18. The van der Waals surface area contributed by atoms with Crippen molar-refractivity contribution in [1.29, 1.82) is 0 Å². The minimum Gasteiger partial charge on any atom is -0.363 e. The second-order valence-electron chi connectivity index (χ2n) is 5.64. The summed E-state index contributed by atoms with van der Waals surface area (Å²) in [5.74, 6) is -2.59. The predicted molar refractivity (Wildman–Crippen MR) is 98.7 cm³/mol. The fourth-order valence-electron chi connectivity index (χ4n) is 2.49. The summed E-state index contributed by atoms with van der Waals surface area (Å²) < 4.78 is 8.17. The number of aromatic nitrogens is 3. The highest BCUT2D eigenvalue weighted by Crippen LogP contribution is 2.21. The van der Waals surface area contributed by atoms with Crippen LogP contribution in [-0.2, 0) is 16.0 Å². The Morgan fingerprint density at radius 2 is 1.74 bits per heavy atom. The SMILES string of the molecule is NC(=O)C(=O)C(Cc1ccccc1)NC(=O)c1nsnc1-c1ccncc1. The van der Waals surface area contributed by atoms with Gasteiger partial charge in [0.1, 0.15) is 11.7 Å². The molecule has 0 fully saturated rings. The van der Waals surface area contributed by atoms with Gasteiger partial charge in [0.05, 0.1) is 11.7 Å². The molecule has 0 saturated carbocycles. The normalized spacial score (nSPS) is 11.6. The Morgan fingerprint density at radius 3 is 2.41 bits per heavy atom. The number of rotatable bonds is 7. The molecule has 8 nitrogen and oxygen atoms in total. The number of hydrogen-bond acceptors (Lipinski definition) is 7. The molecule has 2 heterocycles. The van der Waals surface area contributed by atoms with Crippen LogP contribution in [0.25, 0.3) is 11.3 Å². The minimum absolute atomic E-state index is 0.0709. The summed E-state index contributed by atoms with van der Waals surface area (Å²) in [7, 11) is 0. The summed E-state index contributed by atoms with van der Waals surface area (Å²) in [6.07, 6.45) is 3.28. The molecule has 3 aromatic rings. The molecule has 27 heavy (non-hydrogen) atoms. The molecular formula is C18H15N5O3S. The van der Waals surface area contributed by atoms with Crippen molar-refractivity contribution in [2.45, 2.75) is 12.5 Å². The molecule has 0 spiro atoms. The number of nitrogens with one attached hydrogen (secondary N) is 1. The van der Waals surface area contributed by atoms with Crippen LogP contribution in [0.5, 0.6) is 0 Å². The van der Waals surface area contributed by atoms with Gasteiger partial charge in [-0.05, 0) is 17.7 Å². The Balaban J connectivity index is 1.84. The van der Waals surface area contributed by atoms with Crippen LogP contribution in [0.1, 0.15) is 16.1 Å². The standard InChI is InChI=1S/C18H15N5O3S/c19-17(25)16(24)13(10-11-4-2-1-3-5-11)21-18(26)15-14(22-27-23-15)12-6-8-20-9-7-12/h1-9,13H,10H2,(H2,19,25)(H,21,26). The van der Waals surface area contributed by atoms with Gasteiger partial charge < -0.3 is 11.1 Å². The number of carbonyl (C=O) groups is 3. The van der Waals surface area contributed by atoms with E-state index in [2.05, 4.69) is 19.0 Å². The van der Waals surface area contributed by atoms with Gasteiger partial charge in [0.25, 0.3) is 11.8 Å². The smallest absolute Gasteiger partial charge is 0.287 e. The van der Waals surface area contributed by atoms with Gasteiger partial charge in [0, 0.05) is 24.4 Å². The Bertz CT molecular complexity index is 959. The highest BCUT2D eigenvalue weighted by Gasteiger charge is 2.28. The van der Waals surface area contributed by atoms with Gasteiger partial charge in [0.2, 0.25) is 5.78 Å². The number of amides is 2. The van der Waals surface area contributed by atoms with Crippen LogP contribution in [0.3, 0.4) is 0 Å². The van der Waals surface area contributed by atoms with Crippen LogP contribution in [0, 0.1) is 0 Å². The van der Waals surface area contributed by atoms with Crippen molar-refractivity contribution >= 4 is 29.3 Å². The van der Waals surface area contributed by atoms with Crippen LogP contribution < -0.4 is 11.1 Å². The van der Waals surface area contributed by atoms with Gasteiger partial charge in [-0.1, -0.05) is 30.3 Å². The van der Waals surface area contributed by atoms with Crippen molar-refractivity contribution < 1.29 is 14.4 Å². The van der Waals surface area contributed by atoms with Crippen molar-refractivity contribution in [3.8, 4) is 11.3 Å². The fourth-order valence-corrected chi connectivity index (χ4v) is 3.06. The first-order valence-corrected chi connectivity index (χ1v) is 8.70. The topological polar surface area (TPSA) is 128 Å². The van der Waals surface area contributed by atoms with Crippen LogP contribution in [0.15, 0.2) is 54.9 Å². The van der Waals surface area contributed by atoms with E-state index < -0.39 is 23.6 Å². The maximum atomic E-state index is 12.7. The second-order valence-corrected chi connectivity index (χ2v) is 6.17. The highest BCUT2D eigenvalue weighted by atomic mass is 32.1. The van der Waals surface area contributed by atoms with E-state index in [0.29, 0.717) is 11.3 Å². The van der Waals surface area contributed by atoms with Gasteiger partial charge in [-0.2, -0.15) is 8.75 Å². The summed E-state index contributed by atoms with van der Waals surface area (Å²) in [6, 6.07) is 11.3. The van der Waals surface area contributed by atoms with Gasteiger partial charge in [-0.15, -0.1) is 0 Å². The third-order valence-corrected chi connectivity index (χ3v) is 4.33. The molecule has 2 amide bonds. The Labute approximate surface area is 158 Å². The largest absolute Gasteiger partial charge is 0.363 e. The summed E-state index contributed by atoms with van der Waals surface area (Å²) in [6.45, 7) is 0. The highest BCUT2D eigenvalue weighted by molar-refractivity contribution is 6.99. The van der Waals surface area contributed by atoms with E-state index >= 15 is 0 Å². The fraction of sp³-hybridized carbons (Fsp3) is 0.111. The van der Waals surface area contributed by atoms with E-state index in [1.807, 2.05) is 6.07 Å². The molecule has 0 bridgehead atoms. The van der Waals surface area contributed by atoms with E-state index in [1.54, 1.807) is 48.8 Å². The zero-order chi connectivity index (χ0) is 19.2. The lowest BCUT2D eigenvalue weighted by atomic mass is 10.0. The second kappa shape index (κ2) is 8.28. The maximum Gasteiger partial charge on any atom is 0.287 e. The maximum absolute atomic E-state index is 12.7. The first-order valence-electron chi connectivity index (χ1n) is 7.97. The lowest BCUT2D eigenvalue weighted by molar-refractivity contribution is -0.137. The zero-order valence-electron chi connectivity index (χ0n) is 14.0. The molecule has 3 rings (SSSR count). The van der Waals surface area contributed by atoms with E-state index in [9.17, 15) is 14.4 Å². The first-order chi connectivity index (χ1) is 13.1. The van der Waals surface area contributed by atoms with Crippen LogP contribution in [0.4, 0.5) is 0 Å². The molecule has 2 aromatic heterocycles. The molecular weight excluding hydrogens is 366 g/mol. The Kier molecular flexibility index (Phi) is 5.62. The Morgan fingerprint density at radius 1 is 1.04 bits per heavy atom. The van der Waals surface area contributed by atoms with Gasteiger partial charge in [-0.3, -0.25) is 19.4 Å². The number of benzene rings is 1. The number of primary amides is 1. The summed E-state index contributed by atoms with van der Waals surface area (Å²) >= 11 is 0.877. The first kappa shape index (κ1) is 18.3. The number of hydrogen-bond donors (Lipinski definition) is 2. The third-order valence-electron chi connectivity index (χ3n) is 3.80.